The molecule has 3 atom stereocenters. The van der Waals surface area contributed by atoms with Gasteiger partial charge in [-0.2, -0.15) is 0 Å². The monoisotopic (exact) mass is 326 g/mol. The second-order valence-electron chi connectivity index (χ2n) is 5.59. The van der Waals surface area contributed by atoms with Crippen molar-refractivity contribution in [2.75, 3.05) is 20.8 Å². The molecule has 7 heteroatoms. The fraction of sp³-hybridized carbons (Fsp3) is 0.562. The Labute approximate surface area is 135 Å². The van der Waals surface area contributed by atoms with Crippen LogP contribution in [0.1, 0.15) is 13.8 Å². The summed E-state index contributed by atoms with van der Waals surface area (Å²) in [7, 11) is 2.79. The summed E-state index contributed by atoms with van der Waals surface area (Å²) in [6.45, 7) is 3.53. The van der Waals surface area contributed by atoms with Crippen molar-refractivity contribution >= 4 is 5.97 Å². The van der Waals surface area contributed by atoms with Crippen LogP contribution in [-0.2, 0) is 19.0 Å². The topological polar surface area (TPSA) is 83.5 Å². The molecule has 0 unspecified atom stereocenters. The van der Waals surface area contributed by atoms with Gasteiger partial charge in [-0.15, -0.1) is 0 Å². The lowest BCUT2D eigenvalue weighted by atomic mass is 10.1. The minimum absolute atomic E-state index is 0.120. The number of benzene rings is 1. The number of ether oxygens (including phenoxy) is 5. The summed E-state index contributed by atoms with van der Waals surface area (Å²) < 4.78 is 26.6. The number of methoxy groups -OCH3 is 2. The Morgan fingerprint density at radius 1 is 1.22 bits per heavy atom. The highest BCUT2D eigenvalue weighted by atomic mass is 16.8. The Morgan fingerprint density at radius 2 is 1.83 bits per heavy atom. The Kier molecular flexibility index (Phi) is 5.46. The summed E-state index contributed by atoms with van der Waals surface area (Å²) in [6.07, 6.45) is -2.91. The molecule has 1 aromatic carbocycles. The van der Waals surface area contributed by atoms with E-state index < -0.39 is 30.1 Å². The van der Waals surface area contributed by atoms with E-state index in [0.717, 1.165) is 5.75 Å². The molecule has 1 saturated heterocycles. The average Bonchev–Trinajstić information content (AvgIpc) is 2.86. The maximum absolute atomic E-state index is 11.5. The molecule has 0 radical (unpaired) electrons. The molecule has 1 aliphatic heterocycles. The van der Waals surface area contributed by atoms with Gasteiger partial charge in [0.05, 0.1) is 14.2 Å². The molecule has 0 spiro atoms. The first-order valence-corrected chi connectivity index (χ1v) is 7.24. The van der Waals surface area contributed by atoms with Crippen molar-refractivity contribution in [2.24, 2.45) is 0 Å². The predicted octanol–water partition coefficient (Wildman–Crippen LogP) is 1.13. The lowest BCUT2D eigenvalue weighted by Crippen LogP contribution is -2.43. The highest BCUT2D eigenvalue weighted by Crippen LogP contribution is 2.31. The van der Waals surface area contributed by atoms with E-state index in [0.29, 0.717) is 5.75 Å². The number of aliphatic hydroxyl groups is 1. The van der Waals surface area contributed by atoms with Crippen LogP contribution in [0.2, 0.25) is 0 Å². The number of aliphatic hydroxyl groups excluding tert-OH is 1. The molecule has 0 aliphatic carbocycles. The zero-order valence-electron chi connectivity index (χ0n) is 13.6. The van der Waals surface area contributed by atoms with Crippen LogP contribution >= 0.6 is 0 Å². The molecule has 0 bridgehead atoms. The van der Waals surface area contributed by atoms with Crippen LogP contribution in [0.3, 0.4) is 0 Å². The molecule has 1 heterocycles. The Bertz CT molecular complexity index is 526. The van der Waals surface area contributed by atoms with Crippen LogP contribution in [-0.4, -0.2) is 56.0 Å². The number of rotatable bonds is 6. The van der Waals surface area contributed by atoms with E-state index in [1.165, 1.54) is 7.11 Å². The van der Waals surface area contributed by atoms with Crippen LogP contribution in [0.15, 0.2) is 24.3 Å². The van der Waals surface area contributed by atoms with Crippen molar-refractivity contribution in [3.63, 3.8) is 0 Å². The van der Waals surface area contributed by atoms with E-state index in [2.05, 4.69) is 4.74 Å². The normalized spacial score (nSPS) is 24.0. The van der Waals surface area contributed by atoms with Crippen molar-refractivity contribution in [1.82, 2.24) is 0 Å². The second-order valence-corrected chi connectivity index (χ2v) is 5.59. The predicted molar refractivity (Wildman–Crippen MR) is 80.3 cm³/mol. The highest BCUT2D eigenvalue weighted by molar-refractivity contribution is 5.75. The number of esters is 1. The second kappa shape index (κ2) is 7.16. The van der Waals surface area contributed by atoms with Crippen LogP contribution in [0.25, 0.3) is 0 Å². The standard InChI is InChI=1S/C16H22O7/c1-16(2)22-12(14(23-16)13(17)15(18)20-4)9-21-11-7-5-10(19-3)6-8-11/h5-8,12-14,17H,9H2,1-4H3/t12-,13-,14+/m1/s1. The van der Waals surface area contributed by atoms with E-state index >= 15 is 0 Å². The lowest BCUT2D eigenvalue weighted by molar-refractivity contribution is -0.171. The van der Waals surface area contributed by atoms with Gasteiger partial charge in [0, 0.05) is 0 Å². The molecule has 23 heavy (non-hydrogen) atoms. The van der Waals surface area contributed by atoms with Gasteiger partial charge in [-0.25, -0.2) is 4.79 Å². The summed E-state index contributed by atoms with van der Waals surface area (Å²) in [6, 6.07) is 7.05. The molecule has 1 fully saturated rings. The van der Waals surface area contributed by atoms with Gasteiger partial charge in [0.25, 0.3) is 0 Å². The van der Waals surface area contributed by atoms with Crippen LogP contribution in [0.4, 0.5) is 0 Å². The molecule has 7 nitrogen and oxygen atoms in total. The number of carbonyl (C=O) groups excluding carboxylic acids is 1. The minimum atomic E-state index is -1.44. The maximum Gasteiger partial charge on any atom is 0.337 e. The quantitative estimate of drug-likeness (QED) is 0.785. The first-order valence-electron chi connectivity index (χ1n) is 7.24. The first-order chi connectivity index (χ1) is 10.9. The zero-order valence-corrected chi connectivity index (χ0v) is 13.6. The van der Waals surface area contributed by atoms with Crippen LogP contribution < -0.4 is 9.47 Å². The maximum atomic E-state index is 11.5. The summed E-state index contributed by atoms with van der Waals surface area (Å²) in [5.41, 5.74) is 0. The fourth-order valence-corrected chi connectivity index (χ4v) is 2.36. The van der Waals surface area contributed by atoms with Gasteiger partial charge in [-0.05, 0) is 38.1 Å². The Balaban J connectivity index is 2.01. The Morgan fingerprint density at radius 3 is 2.39 bits per heavy atom. The van der Waals surface area contributed by atoms with Crippen molar-refractivity contribution in [3.05, 3.63) is 24.3 Å². The van der Waals surface area contributed by atoms with E-state index in [-0.39, 0.29) is 6.61 Å². The van der Waals surface area contributed by atoms with Crippen LogP contribution in [0, 0.1) is 0 Å². The summed E-state index contributed by atoms with van der Waals surface area (Å²) >= 11 is 0. The average molecular weight is 326 g/mol. The minimum Gasteiger partial charge on any atom is -0.497 e. The van der Waals surface area contributed by atoms with E-state index in [9.17, 15) is 9.90 Å². The first kappa shape index (κ1) is 17.5. The largest absolute Gasteiger partial charge is 0.497 e. The van der Waals surface area contributed by atoms with Gasteiger partial charge < -0.3 is 28.8 Å². The number of carbonyl (C=O) groups is 1. The SMILES string of the molecule is COC(=O)[C@H](O)[C@H]1OC(C)(C)O[C@@H]1COc1ccc(OC)cc1. The van der Waals surface area contributed by atoms with Crippen molar-refractivity contribution < 1.29 is 33.6 Å². The summed E-state index contributed by atoms with van der Waals surface area (Å²) in [5, 5.41) is 10.0. The molecule has 0 aromatic heterocycles. The lowest BCUT2D eigenvalue weighted by Gasteiger charge is -2.20. The van der Waals surface area contributed by atoms with E-state index in [1.807, 2.05) is 0 Å². The molecule has 2 rings (SSSR count). The van der Waals surface area contributed by atoms with Crippen molar-refractivity contribution in [3.8, 4) is 11.5 Å². The molecule has 0 saturated carbocycles. The summed E-state index contributed by atoms with van der Waals surface area (Å²) in [4.78, 5) is 11.5. The Hall–Kier alpha value is -1.83. The molecular weight excluding hydrogens is 304 g/mol. The van der Waals surface area contributed by atoms with Crippen LogP contribution in [0.5, 0.6) is 11.5 Å². The van der Waals surface area contributed by atoms with Gasteiger partial charge in [0.1, 0.15) is 30.3 Å². The molecule has 1 aliphatic rings. The highest BCUT2D eigenvalue weighted by Gasteiger charge is 2.47. The third kappa shape index (κ3) is 4.34. The van der Waals surface area contributed by atoms with Gasteiger partial charge in [-0.3, -0.25) is 0 Å². The third-order valence-electron chi connectivity index (χ3n) is 3.45. The third-order valence-corrected chi connectivity index (χ3v) is 3.45. The van der Waals surface area contributed by atoms with E-state index in [4.69, 9.17) is 18.9 Å². The molecule has 128 valence electrons. The molecule has 1 aromatic rings. The fourth-order valence-electron chi connectivity index (χ4n) is 2.36. The number of hydrogen-bond acceptors (Lipinski definition) is 7. The molecule has 1 N–H and O–H groups in total. The van der Waals surface area contributed by atoms with Gasteiger partial charge in [0.2, 0.25) is 0 Å². The van der Waals surface area contributed by atoms with Gasteiger partial charge in [0.15, 0.2) is 11.9 Å². The molecule has 0 amide bonds. The van der Waals surface area contributed by atoms with E-state index in [1.54, 1.807) is 45.2 Å². The van der Waals surface area contributed by atoms with Crippen molar-refractivity contribution in [2.45, 2.75) is 37.9 Å². The smallest absolute Gasteiger partial charge is 0.337 e. The van der Waals surface area contributed by atoms with Gasteiger partial charge >= 0.3 is 5.97 Å². The summed E-state index contributed by atoms with van der Waals surface area (Å²) in [5.74, 6) is -0.359. The zero-order chi connectivity index (χ0) is 17.0. The number of hydrogen-bond donors (Lipinski definition) is 1. The van der Waals surface area contributed by atoms with Crippen molar-refractivity contribution in [1.29, 1.82) is 0 Å². The molecular formula is C16H22O7. The van der Waals surface area contributed by atoms with Gasteiger partial charge in [-0.1, -0.05) is 0 Å².